The fourth-order valence-electron chi connectivity index (χ4n) is 0.939. The molecule has 3 heteroatoms. The van der Waals surface area contributed by atoms with Gasteiger partial charge in [-0.05, 0) is 0 Å². The first-order chi connectivity index (χ1) is 4.33. The molecule has 0 radical (unpaired) electrons. The zero-order valence-corrected chi connectivity index (χ0v) is 5.59. The van der Waals surface area contributed by atoms with E-state index in [9.17, 15) is 0 Å². The molecule has 0 saturated carbocycles. The number of hydrogen-bond donors (Lipinski definition) is 1. The van der Waals surface area contributed by atoms with Crippen LogP contribution >= 0.6 is 0 Å². The quantitative estimate of drug-likeness (QED) is 0.564. The number of ether oxygens (including phenoxy) is 2. The maximum atomic E-state index is 8.81. The van der Waals surface area contributed by atoms with E-state index in [0.717, 1.165) is 6.42 Å². The molecule has 0 aromatic carbocycles. The van der Waals surface area contributed by atoms with Crippen LogP contribution in [0.5, 0.6) is 0 Å². The lowest BCUT2D eigenvalue weighted by atomic mass is 10.1. The van der Waals surface area contributed by atoms with Crippen LogP contribution in [0, 0.1) is 0 Å². The Hall–Kier alpha value is -0.120. The molecule has 0 bridgehead atoms. The van der Waals surface area contributed by atoms with Gasteiger partial charge in [0.2, 0.25) is 0 Å². The predicted octanol–water partition coefficient (Wildman–Crippen LogP) is -0.216. The molecule has 1 aliphatic heterocycles. The molecule has 54 valence electrons. The molecule has 1 rings (SSSR count). The second kappa shape index (κ2) is 2.64. The summed E-state index contributed by atoms with van der Waals surface area (Å²) in [5, 5.41) is 8.81. The lowest BCUT2D eigenvalue weighted by molar-refractivity contribution is -0.0543. The van der Waals surface area contributed by atoms with Gasteiger partial charge in [-0.2, -0.15) is 0 Å². The van der Waals surface area contributed by atoms with E-state index in [0.29, 0.717) is 13.2 Å². The van der Waals surface area contributed by atoms with E-state index in [1.165, 1.54) is 0 Å². The molecule has 1 atom stereocenters. The zero-order valence-electron chi connectivity index (χ0n) is 5.59. The number of aliphatic hydroxyl groups excluding tert-OH is 1. The molecule has 1 heterocycles. The third-order valence-corrected chi connectivity index (χ3v) is 1.79. The molecule has 3 nitrogen and oxygen atoms in total. The summed E-state index contributed by atoms with van der Waals surface area (Å²) in [6.45, 7) is 1.29. The largest absolute Gasteiger partial charge is 0.393 e. The molecule has 0 spiro atoms. The Labute approximate surface area is 54.6 Å². The molecule has 0 aromatic rings. The van der Waals surface area contributed by atoms with Crippen molar-refractivity contribution in [2.24, 2.45) is 0 Å². The van der Waals surface area contributed by atoms with Crippen LogP contribution in [0.1, 0.15) is 6.42 Å². The van der Waals surface area contributed by atoms with Crippen molar-refractivity contribution in [2.45, 2.75) is 12.0 Å². The molecule has 1 aliphatic rings. The SMILES string of the molecule is CO[C@]1(CO)CCOC1. The zero-order chi connectivity index (χ0) is 6.74. The number of aliphatic hydroxyl groups is 1. The van der Waals surface area contributed by atoms with Crippen LogP contribution in [0.3, 0.4) is 0 Å². The van der Waals surface area contributed by atoms with Crippen LogP contribution in [0.15, 0.2) is 0 Å². The lowest BCUT2D eigenvalue weighted by Gasteiger charge is -2.21. The summed E-state index contributed by atoms with van der Waals surface area (Å²) in [5.41, 5.74) is -0.389. The van der Waals surface area contributed by atoms with Crippen molar-refractivity contribution in [3.05, 3.63) is 0 Å². The second-order valence-electron chi connectivity index (χ2n) is 2.35. The highest BCUT2D eigenvalue weighted by atomic mass is 16.6. The highest BCUT2D eigenvalue weighted by Crippen LogP contribution is 2.20. The van der Waals surface area contributed by atoms with E-state index in [1.807, 2.05) is 0 Å². The third kappa shape index (κ3) is 1.23. The molecule has 0 unspecified atom stereocenters. The van der Waals surface area contributed by atoms with Gasteiger partial charge in [0.25, 0.3) is 0 Å². The van der Waals surface area contributed by atoms with Gasteiger partial charge in [-0.3, -0.25) is 0 Å². The van der Waals surface area contributed by atoms with Gasteiger partial charge < -0.3 is 14.6 Å². The topological polar surface area (TPSA) is 38.7 Å². The maximum Gasteiger partial charge on any atom is 0.116 e. The second-order valence-corrected chi connectivity index (χ2v) is 2.35. The van der Waals surface area contributed by atoms with Crippen molar-refractivity contribution in [1.29, 1.82) is 0 Å². The monoisotopic (exact) mass is 132 g/mol. The van der Waals surface area contributed by atoms with E-state index >= 15 is 0 Å². The van der Waals surface area contributed by atoms with Crippen molar-refractivity contribution >= 4 is 0 Å². The summed E-state index contributed by atoms with van der Waals surface area (Å²) < 4.78 is 10.1. The van der Waals surface area contributed by atoms with Crippen LogP contribution in [0.2, 0.25) is 0 Å². The summed E-state index contributed by atoms with van der Waals surface area (Å²) in [6.07, 6.45) is 0.806. The summed E-state index contributed by atoms with van der Waals surface area (Å²) in [4.78, 5) is 0. The van der Waals surface area contributed by atoms with E-state index in [4.69, 9.17) is 14.6 Å². The van der Waals surface area contributed by atoms with Crippen molar-refractivity contribution in [2.75, 3.05) is 26.9 Å². The minimum absolute atomic E-state index is 0.0590. The highest BCUT2D eigenvalue weighted by Gasteiger charge is 2.33. The van der Waals surface area contributed by atoms with E-state index < -0.39 is 0 Å². The Balaban J connectivity index is 2.45. The van der Waals surface area contributed by atoms with Gasteiger partial charge >= 0.3 is 0 Å². The Morgan fingerprint density at radius 2 is 2.56 bits per heavy atom. The molecule has 1 N–H and O–H groups in total. The molecule has 1 saturated heterocycles. The minimum atomic E-state index is -0.389. The summed E-state index contributed by atoms with van der Waals surface area (Å²) in [6, 6.07) is 0. The standard InChI is InChI=1S/C6H12O3/c1-8-6(4-7)2-3-9-5-6/h7H,2-5H2,1H3/t6-/m0/s1. The molecule has 9 heavy (non-hydrogen) atoms. The predicted molar refractivity (Wildman–Crippen MR) is 32.3 cm³/mol. The van der Waals surface area contributed by atoms with Gasteiger partial charge in [-0.25, -0.2) is 0 Å². The van der Waals surface area contributed by atoms with Crippen molar-refractivity contribution in [3.8, 4) is 0 Å². The Morgan fingerprint density at radius 1 is 1.78 bits per heavy atom. The fraction of sp³-hybridized carbons (Fsp3) is 1.00. The molecular weight excluding hydrogens is 120 g/mol. The minimum Gasteiger partial charge on any atom is -0.393 e. The van der Waals surface area contributed by atoms with E-state index in [2.05, 4.69) is 0 Å². The molecule has 0 aliphatic carbocycles. The third-order valence-electron chi connectivity index (χ3n) is 1.79. The average Bonchev–Trinajstić information content (AvgIpc) is 2.36. The summed E-state index contributed by atoms with van der Waals surface area (Å²) in [5.74, 6) is 0. The molecule has 0 aromatic heterocycles. The van der Waals surface area contributed by atoms with Crippen LogP contribution in [0.4, 0.5) is 0 Å². The lowest BCUT2D eigenvalue weighted by Crippen LogP contribution is -2.35. The highest BCUT2D eigenvalue weighted by molar-refractivity contribution is 4.83. The first-order valence-corrected chi connectivity index (χ1v) is 3.07. The summed E-state index contributed by atoms with van der Waals surface area (Å²) in [7, 11) is 1.60. The normalized spacial score (nSPS) is 35.3. The first-order valence-electron chi connectivity index (χ1n) is 3.07. The van der Waals surface area contributed by atoms with Gasteiger partial charge in [0, 0.05) is 20.1 Å². The fourth-order valence-corrected chi connectivity index (χ4v) is 0.939. The van der Waals surface area contributed by atoms with Crippen molar-refractivity contribution < 1.29 is 14.6 Å². The Bertz CT molecular complexity index is 80.3. The number of hydrogen-bond acceptors (Lipinski definition) is 3. The summed E-state index contributed by atoms with van der Waals surface area (Å²) >= 11 is 0. The van der Waals surface area contributed by atoms with Gasteiger partial charge in [-0.15, -0.1) is 0 Å². The Morgan fingerprint density at radius 3 is 2.78 bits per heavy atom. The van der Waals surface area contributed by atoms with Crippen LogP contribution in [-0.2, 0) is 9.47 Å². The molecular formula is C6H12O3. The number of rotatable bonds is 2. The maximum absolute atomic E-state index is 8.81. The van der Waals surface area contributed by atoms with Crippen molar-refractivity contribution in [1.82, 2.24) is 0 Å². The van der Waals surface area contributed by atoms with Crippen LogP contribution < -0.4 is 0 Å². The van der Waals surface area contributed by atoms with E-state index in [-0.39, 0.29) is 12.2 Å². The van der Waals surface area contributed by atoms with Crippen molar-refractivity contribution in [3.63, 3.8) is 0 Å². The average molecular weight is 132 g/mol. The van der Waals surface area contributed by atoms with Crippen LogP contribution in [0.25, 0.3) is 0 Å². The molecule has 0 amide bonds. The Kier molecular flexibility index (Phi) is 2.05. The smallest absolute Gasteiger partial charge is 0.116 e. The first kappa shape index (κ1) is 6.99. The number of methoxy groups -OCH3 is 1. The van der Waals surface area contributed by atoms with Crippen LogP contribution in [-0.4, -0.2) is 37.6 Å². The van der Waals surface area contributed by atoms with Gasteiger partial charge in [0.1, 0.15) is 5.60 Å². The van der Waals surface area contributed by atoms with Gasteiger partial charge in [0.15, 0.2) is 0 Å². The molecule has 1 fully saturated rings. The van der Waals surface area contributed by atoms with Gasteiger partial charge in [0.05, 0.1) is 13.2 Å². The van der Waals surface area contributed by atoms with E-state index in [1.54, 1.807) is 7.11 Å². The van der Waals surface area contributed by atoms with Gasteiger partial charge in [-0.1, -0.05) is 0 Å².